The minimum absolute atomic E-state index is 0.0790. The van der Waals surface area contributed by atoms with Gasteiger partial charge in [0.25, 0.3) is 11.8 Å². The number of carbonyl (C=O) groups is 2. The van der Waals surface area contributed by atoms with Gasteiger partial charge in [0.1, 0.15) is 0 Å². The van der Waals surface area contributed by atoms with E-state index in [9.17, 15) is 9.59 Å². The lowest BCUT2D eigenvalue weighted by Gasteiger charge is -2.09. The summed E-state index contributed by atoms with van der Waals surface area (Å²) in [4.78, 5) is 23.3. The average molecular weight is 395 g/mol. The molecule has 3 N–H and O–H groups in total. The first-order valence-electron chi connectivity index (χ1n) is 6.29. The first-order chi connectivity index (χ1) is 10.1. The smallest absolute Gasteiger partial charge is 0.269 e. The van der Waals surface area contributed by atoms with Crippen LogP contribution in [0.5, 0.6) is 0 Å². The van der Waals surface area contributed by atoms with Crippen molar-refractivity contribution in [1.82, 2.24) is 10.9 Å². The molecule has 0 aliphatic rings. The molecule has 0 bridgehead atoms. The Hall–Kier alpha value is -2.09. The predicted molar refractivity (Wildman–Crippen MR) is 89.7 cm³/mol. The number of nitrogens with one attached hydrogen (secondary N) is 3. The number of hydrogen-bond acceptors (Lipinski definition) is 3. The molecule has 0 saturated heterocycles. The zero-order valence-corrected chi connectivity index (χ0v) is 13.3. The van der Waals surface area contributed by atoms with E-state index in [1.165, 1.54) is 0 Å². The molecule has 2 aromatic carbocycles. The number of hydrazine groups is 1. The fourth-order valence-electron chi connectivity index (χ4n) is 1.58. The predicted octanol–water partition coefficient (Wildman–Crippen LogP) is 2.16. The highest BCUT2D eigenvalue weighted by molar-refractivity contribution is 14.1. The first-order valence-corrected chi connectivity index (χ1v) is 7.37. The molecule has 0 radical (unpaired) electrons. The molecule has 0 unspecified atom stereocenters. The second-order valence-electron chi connectivity index (χ2n) is 4.23. The molecule has 2 aromatic rings. The molecular weight excluding hydrogens is 381 g/mol. The Morgan fingerprint density at radius 2 is 1.57 bits per heavy atom. The van der Waals surface area contributed by atoms with Crippen LogP contribution in [0.25, 0.3) is 0 Å². The van der Waals surface area contributed by atoms with E-state index in [4.69, 9.17) is 0 Å². The maximum absolute atomic E-state index is 11.7. The maximum Gasteiger partial charge on any atom is 0.269 e. The van der Waals surface area contributed by atoms with Crippen LogP contribution in [0.2, 0.25) is 0 Å². The van der Waals surface area contributed by atoms with Gasteiger partial charge < -0.3 is 5.32 Å². The molecule has 21 heavy (non-hydrogen) atoms. The highest BCUT2D eigenvalue weighted by atomic mass is 127. The SMILES string of the molecule is O=C(CNc1ccc(I)cc1)NNC(=O)c1ccccc1. The largest absolute Gasteiger partial charge is 0.376 e. The summed E-state index contributed by atoms with van der Waals surface area (Å²) in [6, 6.07) is 16.3. The molecule has 0 aliphatic heterocycles. The Bertz CT molecular complexity index is 615. The quantitative estimate of drug-likeness (QED) is 0.549. The Morgan fingerprint density at radius 3 is 2.24 bits per heavy atom. The maximum atomic E-state index is 11.7. The summed E-state index contributed by atoms with van der Waals surface area (Å²) >= 11 is 2.21. The zero-order valence-electron chi connectivity index (χ0n) is 11.1. The van der Waals surface area contributed by atoms with Crippen molar-refractivity contribution in [2.75, 3.05) is 11.9 Å². The van der Waals surface area contributed by atoms with Crippen LogP contribution in [0, 0.1) is 3.57 Å². The van der Waals surface area contributed by atoms with E-state index in [2.05, 4.69) is 38.8 Å². The van der Waals surface area contributed by atoms with E-state index >= 15 is 0 Å². The van der Waals surface area contributed by atoms with Gasteiger partial charge in [-0.1, -0.05) is 18.2 Å². The molecule has 0 heterocycles. The van der Waals surface area contributed by atoms with Gasteiger partial charge in [-0.05, 0) is 59.0 Å². The molecule has 2 rings (SSSR count). The van der Waals surface area contributed by atoms with Gasteiger partial charge in [-0.25, -0.2) is 0 Å². The number of benzene rings is 2. The minimum atomic E-state index is -0.349. The van der Waals surface area contributed by atoms with E-state index in [0.29, 0.717) is 5.56 Å². The number of hydrogen-bond donors (Lipinski definition) is 3. The number of rotatable bonds is 4. The van der Waals surface area contributed by atoms with Crippen molar-refractivity contribution in [2.45, 2.75) is 0 Å². The van der Waals surface area contributed by atoms with E-state index in [1.807, 2.05) is 30.3 Å². The minimum Gasteiger partial charge on any atom is -0.376 e. The van der Waals surface area contributed by atoms with Crippen LogP contribution < -0.4 is 16.2 Å². The Kier molecular flexibility index (Phi) is 5.56. The lowest BCUT2D eigenvalue weighted by molar-refractivity contribution is -0.120. The standard InChI is InChI=1S/C15H14IN3O2/c16-12-6-8-13(9-7-12)17-10-14(20)18-19-15(21)11-4-2-1-3-5-11/h1-9,17H,10H2,(H,18,20)(H,19,21). The summed E-state index contributed by atoms with van der Waals surface area (Å²) in [5.74, 6) is -0.670. The summed E-state index contributed by atoms with van der Waals surface area (Å²) in [6.07, 6.45) is 0. The molecular formula is C15H14IN3O2. The summed E-state index contributed by atoms with van der Waals surface area (Å²) in [5.41, 5.74) is 6.06. The van der Waals surface area contributed by atoms with Gasteiger partial charge in [-0.2, -0.15) is 0 Å². The van der Waals surface area contributed by atoms with Gasteiger partial charge in [0.05, 0.1) is 6.54 Å². The third-order valence-corrected chi connectivity index (χ3v) is 3.37. The molecule has 0 fully saturated rings. The van der Waals surface area contributed by atoms with Crippen molar-refractivity contribution in [1.29, 1.82) is 0 Å². The molecule has 0 atom stereocenters. The van der Waals surface area contributed by atoms with Crippen molar-refractivity contribution >= 4 is 40.1 Å². The van der Waals surface area contributed by atoms with E-state index < -0.39 is 0 Å². The van der Waals surface area contributed by atoms with Crippen LogP contribution in [0.15, 0.2) is 54.6 Å². The summed E-state index contributed by atoms with van der Waals surface area (Å²) in [7, 11) is 0. The van der Waals surface area contributed by atoms with Crippen molar-refractivity contribution in [3.63, 3.8) is 0 Å². The summed E-state index contributed by atoms with van der Waals surface area (Å²) in [6.45, 7) is 0.0790. The molecule has 2 amide bonds. The molecule has 0 aliphatic carbocycles. The van der Waals surface area contributed by atoms with Gasteiger partial charge in [0.2, 0.25) is 0 Å². The van der Waals surface area contributed by atoms with Crippen LogP contribution in [-0.4, -0.2) is 18.4 Å². The summed E-state index contributed by atoms with van der Waals surface area (Å²) < 4.78 is 1.12. The van der Waals surface area contributed by atoms with Crippen LogP contribution in [0.4, 0.5) is 5.69 Å². The molecule has 0 aromatic heterocycles. The molecule has 5 nitrogen and oxygen atoms in total. The van der Waals surface area contributed by atoms with Gasteiger partial charge in [-0.3, -0.25) is 20.4 Å². The number of amides is 2. The molecule has 0 saturated carbocycles. The van der Waals surface area contributed by atoms with Crippen molar-refractivity contribution in [2.24, 2.45) is 0 Å². The lowest BCUT2D eigenvalue weighted by atomic mass is 10.2. The Morgan fingerprint density at radius 1 is 0.905 bits per heavy atom. The second-order valence-corrected chi connectivity index (χ2v) is 5.47. The average Bonchev–Trinajstić information content (AvgIpc) is 2.53. The molecule has 108 valence electrons. The van der Waals surface area contributed by atoms with Gasteiger partial charge in [-0.15, -0.1) is 0 Å². The van der Waals surface area contributed by atoms with Gasteiger partial charge in [0, 0.05) is 14.8 Å². The number of anilines is 1. The second kappa shape index (κ2) is 7.63. The zero-order chi connectivity index (χ0) is 15.1. The van der Waals surface area contributed by atoms with Crippen LogP contribution in [0.1, 0.15) is 10.4 Å². The van der Waals surface area contributed by atoms with Gasteiger partial charge in [0.15, 0.2) is 0 Å². The normalized spacial score (nSPS) is 9.76. The van der Waals surface area contributed by atoms with Gasteiger partial charge >= 0.3 is 0 Å². The highest BCUT2D eigenvalue weighted by Gasteiger charge is 2.06. The van der Waals surface area contributed by atoms with E-state index in [1.54, 1.807) is 24.3 Å². The monoisotopic (exact) mass is 395 g/mol. The Balaban J connectivity index is 1.75. The molecule has 0 spiro atoms. The van der Waals surface area contributed by atoms with Crippen molar-refractivity contribution < 1.29 is 9.59 Å². The van der Waals surface area contributed by atoms with Crippen molar-refractivity contribution in [3.05, 3.63) is 63.7 Å². The fraction of sp³-hybridized carbons (Fsp3) is 0.0667. The van der Waals surface area contributed by atoms with E-state index in [0.717, 1.165) is 9.26 Å². The van der Waals surface area contributed by atoms with Crippen LogP contribution in [-0.2, 0) is 4.79 Å². The third-order valence-electron chi connectivity index (χ3n) is 2.65. The van der Waals surface area contributed by atoms with Crippen LogP contribution in [0.3, 0.4) is 0 Å². The van der Waals surface area contributed by atoms with E-state index in [-0.39, 0.29) is 18.4 Å². The Labute approximate surface area is 136 Å². The van der Waals surface area contributed by atoms with Crippen LogP contribution >= 0.6 is 22.6 Å². The van der Waals surface area contributed by atoms with Crippen molar-refractivity contribution in [3.8, 4) is 0 Å². The fourth-order valence-corrected chi connectivity index (χ4v) is 1.94. The summed E-state index contributed by atoms with van der Waals surface area (Å²) in [5, 5.41) is 2.97. The number of halogens is 1. The topological polar surface area (TPSA) is 70.2 Å². The molecule has 6 heteroatoms. The number of carbonyl (C=O) groups excluding carboxylic acids is 2. The third kappa shape index (κ3) is 5.07. The lowest BCUT2D eigenvalue weighted by Crippen LogP contribution is -2.44. The highest BCUT2D eigenvalue weighted by Crippen LogP contribution is 2.10. The first kappa shape index (κ1) is 15.3.